The Bertz CT molecular complexity index is 134. The van der Waals surface area contributed by atoms with Gasteiger partial charge in [0.15, 0.2) is 0 Å². The summed E-state index contributed by atoms with van der Waals surface area (Å²) in [6.45, 7) is 2.91. The van der Waals surface area contributed by atoms with Crippen LogP contribution in [0.2, 0.25) is 0 Å². The van der Waals surface area contributed by atoms with Crippen LogP contribution >= 0.6 is 0 Å². The molecule has 72 valence electrons. The first kappa shape index (κ1) is 10.0. The van der Waals surface area contributed by atoms with Crippen LogP contribution in [0.4, 0.5) is 0 Å². The van der Waals surface area contributed by atoms with E-state index >= 15 is 0 Å². The van der Waals surface area contributed by atoms with Crippen molar-refractivity contribution in [3.63, 3.8) is 0 Å². The monoisotopic (exact) mass is 171 g/mol. The molecule has 0 saturated heterocycles. The maximum atomic E-state index is 5.55. The lowest BCUT2D eigenvalue weighted by atomic mass is 9.77. The van der Waals surface area contributed by atoms with Crippen LogP contribution in [0.1, 0.15) is 39.0 Å². The number of hydrogen-bond donors (Lipinski definition) is 1. The zero-order chi connectivity index (χ0) is 9.03. The van der Waals surface area contributed by atoms with E-state index in [1.165, 1.54) is 25.7 Å². The number of nitrogens with two attached hydrogens (primary N) is 1. The molecule has 2 heteroatoms. The fourth-order valence-electron chi connectivity index (χ4n) is 1.90. The first-order valence-electron chi connectivity index (χ1n) is 4.95. The van der Waals surface area contributed by atoms with Gasteiger partial charge in [-0.15, -0.1) is 0 Å². The van der Waals surface area contributed by atoms with Gasteiger partial charge in [0.25, 0.3) is 0 Å². The number of rotatable bonds is 5. The zero-order valence-electron chi connectivity index (χ0n) is 8.31. The molecule has 0 radical (unpaired) electrons. The Morgan fingerprint density at radius 3 is 2.50 bits per heavy atom. The number of hydrogen-bond acceptors (Lipinski definition) is 2. The van der Waals surface area contributed by atoms with E-state index in [1.807, 2.05) is 0 Å². The Morgan fingerprint density at radius 1 is 1.50 bits per heavy atom. The summed E-state index contributed by atoms with van der Waals surface area (Å²) in [5.74, 6) is 0.904. The van der Waals surface area contributed by atoms with Gasteiger partial charge in [-0.1, -0.05) is 19.3 Å². The van der Waals surface area contributed by atoms with E-state index in [1.54, 1.807) is 7.11 Å². The summed E-state index contributed by atoms with van der Waals surface area (Å²) in [7, 11) is 1.80. The van der Waals surface area contributed by atoms with Gasteiger partial charge in [-0.3, -0.25) is 0 Å². The highest BCUT2D eigenvalue weighted by Gasteiger charge is 2.29. The van der Waals surface area contributed by atoms with Crippen LogP contribution in [0.3, 0.4) is 0 Å². The lowest BCUT2D eigenvalue weighted by molar-refractivity contribution is -0.0277. The second-order valence-electron chi connectivity index (χ2n) is 4.19. The normalized spacial score (nSPS) is 23.2. The summed E-state index contributed by atoms with van der Waals surface area (Å²) >= 11 is 0. The lowest BCUT2D eigenvalue weighted by Gasteiger charge is -2.35. The SMILES string of the molecule is COC(C)(CCN)CC1CCC1. The van der Waals surface area contributed by atoms with Gasteiger partial charge in [-0.2, -0.15) is 0 Å². The molecule has 0 aromatic heterocycles. The molecule has 0 aromatic rings. The summed E-state index contributed by atoms with van der Waals surface area (Å²) in [4.78, 5) is 0. The molecule has 1 saturated carbocycles. The minimum absolute atomic E-state index is 0.0415. The van der Waals surface area contributed by atoms with Crippen molar-refractivity contribution in [2.45, 2.75) is 44.6 Å². The molecule has 0 aromatic carbocycles. The second kappa shape index (κ2) is 4.24. The van der Waals surface area contributed by atoms with Gasteiger partial charge < -0.3 is 10.5 Å². The maximum Gasteiger partial charge on any atom is 0.0665 e. The van der Waals surface area contributed by atoms with Crippen molar-refractivity contribution in [1.82, 2.24) is 0 Å². The van der Waals surface area contributed by atoms with Crippen molar-refractivity contribution in [3.8, 4) is 0 Å². The molecule has 0 amide bonds. The van der Waals surface area contributed by atoms with Crippen LogP contribution < -0.4 is 5.73 Å². The molecule has 1 rings (SSSR count). The van der Waals surface area contributed by atoms with Crippen molar-refractivity contribution >= 4 is 0 Å². The zero-order valence-corrected chi connectivity index (χ0v) is 8.31. The van der Waals surface area contributed by atoms with Crippen molar-refractivity contribution in [2.75, 3.05) is 13.7 Å². The van der Waals surface area contributed by atoms with Gasteiger partial charge in [0.2, 0.25) is 0 Å². The average molecular weight is 171 g/mol. The predicted molar refractivity (Wildman–Crippen MR) is 51.0 cm³/mol. The molecular formula is C10H21NO. The van der Waals surface area contributed by atoms with Crippen LogP contribution in [-0.2, 0) is 4.74 Å². The van der Waals surface area contributed by atoms with Crippen LogP contribution in [-0.4, -0.2) is 19.3 Å². The maximum absolute atomic E-state index is 5.55. The Kier molecular flexibility index (Phi) is 3.53. The second-order valence-corrected chi connectivity index (χ2v) is 4.19. The van der Waals surface area contributed by atoms with Crippen LogP contribution in [0.5, 0.6) is 0 Å². The Morgan fingerprint density at radius 2 is 2.17 bits per heavy atom. The van der Waals surface area contributed by atoms with Crippen molar-refractivity contribution in [1.29, 1.82) is 0 Å². The lowest BCUT2D eigenvalue weighted by Crippen LogP contribution is -2.34. The summed E-state index contributed by atoms with van der Waals surface area (Å²) in [5, 5.41) is 0. The highest BCUT2D eigenvalue weighted by molar-refractivity contribution is 4.82. The molecule has 1 atom stereocenters. The summed E-state index contributed by atoms with van der Waals surface area (Å²) < 4.78 is 5.50. The third kappa shape index (κ3) is 2.46. The van der Waals surface area contributed by atoms with E-state index in [2.05, 4.69) is 6.92 Å². The smallest absolute Gasteiger partial charge is 0.0665 e. The van der Waals surface area contributed by atoms with E-state index in [9.17, 15) is 0 Å². The van der Waals surface area contributed by atoms with Crippen LogP contribution in [0.25, 0.3) is 0 Å². The van der Waals surface area contributed by atoms with Gasteiger partial charge >= 0.3 is 0 Å². The van der Waals surface area contributed by atoms with Crippen molar-refractivity contribution in [3.05, 3.63) is 0 Å². The van der Waals surface area contributed by atoms with Gasteiger partial charge in [-0.25, -0.2) is 0 Å². The van der Waals surface area contributed by atoms with Crippen LogP contribution in [0.15, 0.2) is 0 Å². The summed E-state index contributed by atoms with van der Waals surface area (Å²) in [6, 6.07) is 0. The van der Waals surface area contributed by atoms with E-state index in [0.29, 0.717) is 0 Å². The van der Waals surface area contributed by atoms with E-state index in [4.69, 9.17) is 10.5 Å². The van der Waals surface area contributed by atoms with Crippen molar-refractivity contribution in [2.24, 2.45) is 11.7 Å². The molecule has 2 N–H and O–H groups in total. The predicted octanol–water partition coefficient (Wildman–Crippen LogP) is 1.93. The first-order chi connectivity index (χ1) is 5.70. The highest BCUT2D eigenvalue weighted by Crippen LogP contribution is 2.35. The highest BCUT2D eigenvalue weighted by atomic mass is 16.5. The topological polar surface area (TPSA) is 35.2 Å². The summed E-state index contributed by atoms with van der Waals surface area (Å²) in [6.07, 6.45) is 6.38. The van der Waals surface area contributed by atoms with E-state index < -0.39 is 0 Å². The molecule has 1 aliphatic rings. The largest absolute Gasteiger partial charge is 0.378 e. The molecule has 0 heterocycles. The third-order valence-corrected chi connectivity index (χ3v) is 3.11. The van der Waals surface area contributed by atoms with Gasteiger partial charge in [0.05, 0.1) is 5.60 Å². The van der Waals surface area contributed by atoms with Crippen molar-refractivity contribution < 1.29 is 4.74 Å². The number of methoxy groups -OCH3 is 1. The fraction of sp³-hybridized carbons (Fsp3) is 1.00. The van der Waals surface area contributed by atoms with E-state index in [-0.39, 0.29) is 5.60 Å². The molecule has 1 fully saturated rings. The molecule has 1 aliphatic carbocycles. The Hall–Kier alpha value is -0.0800. The molecular weight excluding hydrogens is 150 g/mol. The minimum Gasteiger partial charge on any atom is -0.378 e. The average Bonchev–Trinajstić information content (AvgIpc) is 1.98. The first-order valence-corrected chi connectivity index (χ1v) is 4.95. The fourth-order valence-corrected chi connectivity index (χ4v) is 1.90. The molecule has 1 unspecified atom stereocenters. The standard InChI is InChI=1S/C10H21NO/c1-10(12-2,6-7-11)8-9-4-3-5-9/h9H,3-8,11H2,1-2H3. The Labute approximate surface area is 75.5 Å². The van der Waals surface area contributed by atoms with Gasteiger partial charge in [-0.05, 0) is 32.2 Å². The third-order valence-electron chi connectivity index (χ3n) is 3.11. The summed E-state index contributed by atoms with van der Waals surface area (Å²) in [5.41, 5.74) is 5.59. The quantitative estimate of drug-likeness (QED) is 0.686. The molecule has 0 aliphatic heterocycles. The molecule has 2 nitrogen and oxygen atoms in total. The van der Waals surface area contributed by atoms with E-state index in [0.717, 1.165) is 18.9 Å². The molecule has 12 heavy (non-hydrogen) atoms. The Balaban J connectivity index is 2.30. The number of ether oxygens (including phenoxy) is 1. The van der Waals surface area contributed by atoms with Crippen LogP contribution in [0, 0.1) is 5.92 Å². The molecule has 0 bridgehead atoms. The molecule has 0 spiro atoms. The van der Waals surface area contributed by atoms with Gasteiger partial charge in [0.1, 0.15) is 0 Å². The minimum atomic E-state index is 0.0415. The van der Waals surface area contributed by atoms with Gasteiger partial charge in [0, 0.05) is 7.11 Å².